The highest BCUT2D eigenvalue weighted by molar-refractivity contribution is 7.99. The molecule has 4 nitrogen and oxygen atoms in total. The van der Waals surface area contributed by atoms with Crippen LogP contribution in [0.2, 0.25) is 0 Å². The molecule has 1 fully saturated rings. The molecule has 0 aliphatic carbocycles. The summed E-state index contributed by atoms with van der Waals surface area (Å²) in [5.74, 6) is 2.52. The second kappa shape index (κ2) is 6.54. The molecule has 0 bridgehead atoms. The molecule has 1 aliphatic heterocycles. The number of hydrogen-bond donors (Lipinski definition) is 2. The molecule has 1 saturated heterocycles. The van der Waals surface area contributed by atoms with Crippen LogP contribution in [0.25, 0.3) is 10.9 Å². The number of anilines is 2. The van der Waals surface area contributed by atoms with Crippen LogP contribution in [-0.4, -0.2) is 47.6 Å². The Morgan fingerprint density at radius 1 is 1.29 bits per heavy atom. The van der Waals surface area contributed by atoms with E-state index in [1.54, 1.807) is 0 Å². The Kier molecular flexibility index (Phi) is 4.51. The summed E-state index contributed by atoms with van der Waals surface area (Å²) in [5.41, 5.74) is 9.86. The largest absolute Gasteiger partial charge is 0.399 e. The van der Waals surface area contributed by atoms with Gasteiger partial charge in [-0.25, -0.2) is 0 Å². The van der Waals surface area contributed by atoms with Crippen LogP contribution in [0.4, 0.5) is 11.4 Å². The number of nitrogen functional groups attached to an aromatic ring is 1. The number of fused-ring (bicyclic) bond motifs is 1. The lowest BCUT2D eigenvalue weighted by Gasteiger charge is -2.26. The highest BCUT2D eigenvalue weighted by Crippen LogP contribution is 2.25. The molecule has 1 aliphatic rings. The zero-order chi connectivity index (χ0) is 14.7. The van der Waals surface area contributed by atoms with E-state index in [2.05, 4.69) is 21.3 Å². The van der Waals surface area contributed by atoms with Gasteiger partial charge in [-0.05, 0) is 31.2 Å². The molecule has 0 amide bonds. The smallest absolute Gasteiger partial charge is 0.0727 e. The van der Waals surface area contributed by atoms with E-state index in [4.69, 9.17) is 5.73 Å². The van der Waals surface area contributed by atoms with Gasteiger partial charge < -0.3 is 11.1 Å². The lowest BCUT2D eigenvalue weighted by molar-refractivity contribution is 0.314. The number of aryl methyl sites for hydroxylation is 1. The summed E-state index contributed by atoms with van der Waals surface area (Å²) in [6.45, 7) is 6.48. The third-order valence-electron chi connectivity index (χ3n) is 3.81. The predicted octanol–water partition coefficient (Wildman–Crippen LogP) is 2.59. The normalized spacial score (nSPS) is 16.2. The van der Waals surface area contributed by atoms with Gasteiger partial charge in [0.25, 0.3) is 0 Å². The summed E-state index contributed by atoms with van der Waals surface area (Å²) in [5, 5.41) is 4.67. The standard InChI is InChI=1S/C16H22N4S/c1-12-10-16(14-11-13(17)2-3-15(14)19-12)18-4-5-20-6-8-21-9-7-20/h2-3,10-11H,4-9,17H2,1H3,(H,18,19). The number of pyridine rings is 1. The van der Waals surface area contributed by atoms with Crippen molar-refractivity contribution < 1.29 is 0 Å². The molecule has 3 N–H and O–H groups in total. The highest BCUT2D eigenvalue weighted by atomic mass is 32.2. The Balaban J connectivity index is 1.71. The van der Waals surface area contributed by atoms with Crippen LogP contribution in [-0.2, 0) is 0 Å². The van der Waals surface area contributed by atoms with Crippen LogP contribution in [0.5, 0.6) is 0 Å². The van der Waals surface area contributed by atoms with Crippen LogP contribution in [0.15, 0.2) is 24.3 Å². The minimum atomic E-state index is 0.782. The fourth-order valence-corrected chi connectivity index (χ4v) is 3.67. The first-order valence-corrected chi connectivity index (χ1v) is 8.59. The van der Waals surface area contributed by atoms with Gasteiger partial charge in [-0.15, -0.1) is 0 Å². The molecule has 2 heterocycles. The van der Waals surface area contributed by atoms with Crippen molar-refractivity contribution in [1.29, 1.82) is 0 Å². The van der Waals surface area contributed by atoms with Gasteiger partial charge in [-0.1, -0.05) is 0 Å². The van der Waals surface area contributed by atoms with Gasteiger partial charge in [-0.3, -0.25) is 9.88 Å². The van der Waals surface area contributed by atoms with Gasteiger partial charge in [0.15, 0.2) is 0 Å². The van der Waals surface area contributed by atoms with Gasteiger partial charge in [0.1, 0.15) is 0 Å². The molecule has 1 aromatic carbocycles. The van der Waals surface area contributed by atoms with E-state index in [0.717, 1.165) is 41.1 Å². The molecule has 0 radical (unpaired) electrons. The Morgan fingerprint density at radius 3 is 2.90 bits per heavy atom. The van der Waals surface area contributed by atoms with Gasteiger partial charge in [0, 0.05) is 60.1 Å². The second-order valence-electron chi connectivity index (χ2n) is 5.47. The van der Waals surface area contributed by atoms with E-state index in [0.29, 0.717) is 0 Å². The van der Waals surface area contributed by atoms with Crippen LogP contribution in [0.3, 0.4) is 0 Å². The maximum atomic E-state index is 5.91. The van der Waals surface area contributed by atoms with E-state index in [9.17, 15) is 0 Å². The fraction of sp³-hybridized carbons (Fsp3) is 0.438. The van der Waals surface area contributed by atoms with Crippen LogP contribution in [0.1, 0.15) is 5.69 Å². The Morgan fingerprint density at radius 2 is 2.10 bits per heavy atom. The van der Waals surface area contributed by atoms with Gasteiger partial charge >= 0.3 is 0 Å². The van der Waals surface area contributed by atoms with Crippen molar-refractivity contribution in [2.24, 2.45) is 0 Å². The quantitative estimate of drug-likeness (QED) is 0.850. The summed E-state index contributed by atoms with van der Waals surface area (Å²) in [4.78, 5) is 7.09. The summed E-state index contributed by atoms with van der Waals surface area (Å²) >= 11 is 2.05. The van der Waals surface area contributed by atoms with Gasteiger partial charge in [0.2, 0.25) is 0 Å². The zero-order valence-corrected chi connectivity index (χ0v) is 13.2. The molecular weight excluding hydrogens is 280 g/mol. The molecule has 21 heavy (non-hydrogen) atoms. The van der Waals surface area contributed by atoms with Crippen molar-refractivity contribution in [2.75, 3.05) is 48.7 Å². The van der Waals surface area contributed by atoms with Gasteiger partial charge in [0.05, 0.1) is 5.52 Å². The number of nitrogens with two attached hydrogens (primary N) is 1. The topological polar surface area (TPSA) is 54.2 Å². The number of thioether (sulfide) groups is 1. The molecule has 0 atom stereocenters. The highest BCUT2D eigenvalue weighted by Gasteiger charge is 2.10. The van der Waals surface area contributed by atoms with Crippen molar-refractivity contribution in [3.63, 3.8) is 0 Å². The SMILES string of the molecule is Cc1cc(NCCN2CCSCC2)c2cc(N)ccc2n1. The second-order valence-corrected chi connectivity index (χ2v) is 6.69. The average molecular weight is 302 g/mol. The molecule has 0 saturated carbocycles. The maximum Gasteiger partial charge on any atom is 0.0727 e. The molecule has 0 unspecified atom stereocenters. The molecular formula is C16H22N4S. The Bertz CT molecular complexity index is 623. The van der Waals surface area contributed by atoms with Crippen LogP contribution in [0, 0.1) is 6.92 Å². The molecule has 112 valence electrons. The van der Waals surface area contributed by atoms with Crippen molar-refractivity contribution in [1.82, 2.24) is 9.88 Å². The number of hydrogen-bond acceptors (Lipinski definition) is 5. The first-order chi connectivity index (χ1) is 10.2. The van der Waals surface area contributed by atoms with Crippen molar-refractivity contribution in [2.45, 2.75) is 6.92 Å². The predicted molar refractivity (Wildman–Crippen MR) is 93.1 cm³/mol. The average Bonchev–Trinajstić information content (AvgIpc) is 2.49. The van der Waals surface area contributed by atoms with E-state index >= 15 is 0 Å². The van der Waals surface area contributed by atoms with E-state index in [1.165, 1.54) is 24.6 Å². The van der Waals surface area contributed by atoms with E-state index in [1.807, 2.05) is 36.9 Å². The van der Waals surface area contributed by atoms with Crippen LogP contribution < -0.4 is 11.1 Å². The molecule has 5 heteroatoms. The number of nitrogens with one attached hydrogen (secondary N) is 1. The third kappa shape index (κ3) is 3.60. The number of nitrogens with zero attached hydrogens (tertiary/aromatic N) is 2. The van der Waals surface area contributed by atoms with E-state index < -0.39 is 0 Å². The van der Waals surface area contributed by atoms with Crippen molar-refractivity contribution >= 4 is 34.0 Å². The van der Waals surface area contributed by atoms with Crippen LogP contribution >= 0.6 is 11.8 Å². The van der Waals surface area contributed by atoms with Crippen molar-refractivity contribution in [3.05, 3.63) is 30.0 Å². The first-order valence-electron chi connectivity index (χ1n) is 7.43. The zero-order valence-electron chi connectivity index (χ0n) is 12.4. The number of benzene rings is 1. The number of rotatable bonds is 4. The minimum Gasteiger partial charge on any atom is -0.399 e. The molecule has 0 spiro atoms. The fourth-order valence-electron chi connectivity index (χ4n) is 2.70. The Hall–Kier alpha value is -1.46. The summed E-state index contributed by atoms with van der Waals surface area (Å²) in [7, 11) is 0. The number of aromatic nitrogens is 1. The van der Waals surface area contributed by atoms with Crippen molar-refractivity contribution in [3.8, 4) is 0 Å². The molecule has 3 rings (SSSR count). The minimum absolute atomic E-state index is 0.782. The first kappa shape index (κ1) is 14.5. The maximum absolute atomic E-state index is 5.91. The lowest BCUT2D eigenvalue weighted by Crippen LogP contribution is -2.36. The monoisotopic (exact) mass is 302 g/mol. The van der Waals surface area contributed by atoms with E-state index in [-0.39, 0.29) is 0 Å². The molecule has 2 aromatic rings. The third-order valence-corrected chi connectivity index (χ3v) is 4.75. The lowest BCUT2D eigenvalue weighted by atomic mass is 10.1. The summed E-state index contributed by atoms with van der Waals surface area (Å²) < 4.78 is 0. The van der Waals surface area contributed by atoms with Gasteiger partial charge in [-0.2, -0.15) is 11.8 Å². The summed E-state index contributed by atoms with van der Waals surface area (Å²) in [6.07, 6.45) is 0. The Labute approximate surface area is 130 Å². The summed E-state index contributed by atoms with van der Waals surface area (Å²) in [6, 6.07) is 8.00. The molecule has 1 aromatic heterocycles.